The summed E-state index contributed by atoms with van der Waals surface area (Å²) in [6.07, 6.45) is 6.76. The van der Waals surface area contributed by atoms with Gasteiger partial charge in [-0.3, -0.25) is 0 Å². The van der Waals surface area contributed by atoms with Crippen molar-refractivity contribution in [2.45, 2.75) is 52.0 Å². The molecule has 3 heteroatoms. The van der Waals surface area contributed by atoms with Crippen molar-refractivity contribution in [3.05, 3.63) is 16.1 Å². The Bertz CT molecular complexity index is 317. The van der Waals surface area contributed by atoms with E-state index in [0.29, 0.717) is 6.04 Å². The molecule has 0 saturated heterocycles. The average Bonchev–Trinajstić information content (AvgIpc) is 2.62. The molecule has 0 bridgehead atoms. The molecule has 0 amide bonds. The van der Waals surface area contributed by atoms with Crippen LogP contribution in [0, 0.1) is 12.8 Å². The molecule has 90 valence electrons. The van der Waals surface area contributed by atoms with Crippen LogP contribution in [0.25, 0.3) is 0 Å². The standard InChI is InChI=1S/C13H22N2S/c1-3-7-14-12(8-11-5-4-6-11)13-9-16-10(2)15-13/h9,11-12,14H,3-8H2,1-2H3. The summed E-state index contributed by atoms with van der Waals surface area (Å²) in [4.78, 5) is 4.63. The summed E-state index contributed by atoms with van der Waals surface area (Å²) in [5, 5.41) is 7.05. The maximum absolute atomic E-state index is 4.63. The molecule has 1 atom stereocenters. The third-order valence-electron chi connectivity index (χ3n) is 3.43. The zero-order valence-corrected chi connectivity index (χ0v) is 11.1. The molecule has 1 heterocycles. The Morgan fingerprint density at radius 1 is 1.56 bits per heavy atom. The molecule has 1 aromatic rings. The van der Waals surface area contributed by atoms with Crippen LogP contribution in [0.15, 0.2) is 5.38 Å². The highest BCUT2D eigenvalue weighted by Crippen LogP contribution is 2.34. The largest absolute Gasteiger partial charge is 0.309 e. The zero-order chi connectivity index (χ0) is 11.4. The Morgan fingerprint density at radius 2 is 2.38 bits per heavy atom. The minimum absolute atomic E-state index is 0.496. The van der Waals surface area contributed by atoms with Crippen LogP contribution in [0.2, 0.25) is 0 Å². The third-order valence-corrected chi connectivity index (χ3v) is 4.22. The predicted molar refractivity (Wildman–Crippen MR) is 69.8 cm³/mol. The van der Waals surface area contributed by atoms with E-state index < -0.39 is 0 Å². The first-order chi connectivity index (χ1) is 7.79. The van der Waals surface area contributed by atoms with E-state index in [1.54, 1.807) is 11.3 Å². The predicted octanol–water partition coefficient (Wildman–Crippen LogP) is 3.68. The van der Waals surface area contributed by atoms with E-state index in [4.69, 9.17) is 0 Å². The van der Waals surface area contributed by atoms with Crippen molar-refractivity contribution in [2.75, 3.05) is 6.54 Å². The lowest BCUT2D eigenvalue weighted by Crippen LogP contribution is -2.27. The van der Waals surface area contributed by atoms with Crippen LogP contribution < -0.4 is 5.32 Å². The lowest BCUT2D eigenvalue weighted by Gasteiger charge is -2.29. The fourth-order valence-corrected chi connectivity index (χ4v) is 2.90. The van der Waals surface area contributed by atoms with Crippen molar-refractivity contribution in [1.29, 1.82) is 0 Å². The van der Waals surface area contributed by atoms with Gasteiger partial charge in [0.2, 0.25) is 0 Å². The first-order valence-electron chi connectivity index (χ1n) is 6.45. The third kappa shape index (κ3) is 3.05. The summed E-state index contributed by atoms with van der Waals surface area (Å²) in [7, 11) is 0. The molecule has 0 aliphatic heterocycles. The minimum Gasteiger partial charge on any atom is -0.309 e. The fourth-order valence-electron chi connectivity index (χ4n) is 2.23. The molecule has 1 aromatic heterocycles. The van der Waals surface area contributed by atoms with Crippen LogP contribution in [0.5, 0.6) is 0 Å². The van der Waals surface area contributed by atoms with Gasteiger partial charge in [0.25, 0.3) is 0 Å². The molecule has 1 N–H and O–H groups in total. The Kier molecular flexibility index (Phi) is 4.36. The van der Waals surface area contributed by atoms with Gasteiger partial charge in [0.1, 0.15) is 0 Å². The second kappa shape index (κ2) is 5.78. The van der Waals surface area contributed by atoms with Crippen molar-refractivity contribution in [2.24, 2.45) is 5.92 Å². The molecule has 0 spiro atoms. The van der Waals surface area contributed by atoms with Gasteiger partial charge in [-0.05, 0) is 32.2 Å². The van der Waals surface area contributed by atoms with Crippen LogP contribution in [0.3, 0.4) is 0 Å². The number of hydrogen-bond acceptors (Lipinski definition) is 3. The van der Waals surface area contributed by atoms with E-state index in [1.807, 2.05) is 0 Å². The Balaban J connectivity index is 1.95. The fraction of sp³-hybridized carbons (Fsp3) is 0.769. The number of aromatic nitrogens is 1. The molecule has 2 nitrogen and oxygen atoms in total. The first kappa shape index (κ1) is 12.1. The van der Waals surface area contributed by atoms with Gasteiger partial charge >= 0.3 is 0 Å². The van der Waals surface area contributed by atoms with Crippen molar-refractivity contribution in [3.63, 3.8) is 0 Å². The van der Waals surface area contributed by atoms with Crippen LogP contribution in [0.4, 0.5) is 0 Å². The van der Waals surface area contributed by atoms with Gasteiger partial charge in [0.05, 0.1) is 16.7 Å². The van der Waals surface area contributed by atoms with Crippen molar-refractivity contribution in [1.82, 2.24) is 10.3 Å². The van der Waals surface area contributed by atoms with Gasteiger partial charge < -0.3 is 5.32 Å². The molecule has 2 rings (SSSR count). The number of nitrogens with one attached hydrogen (secondary N) is 1. The molecule has 1 aliphatic rings. The molecular formula is C13H22N2S. The second-order valence-electron chi connectivity index (χ2n) is 4.83. The van der Waals surface area contributed by atoms with Gasteiger partial charge in [-0.2, -0.15) is 0 Å². The monoisotopic (exact) mass is 238 g/mol. The van der Waals surface area contributed by atoms with Crippen molar-refractivity contribution >= 4 is 11.3 Å². The van der Waals surface area contributed by atoms with E-state index in [-0.39, 0.29) is 0 Å². The molecule has 1 fully saturated rings. The van der Waals surface area contributed by atoms with Crippen LogP contribution >= 0.6 is 11.3 Å². The van der Waals surface area contributed by atoms with Gasteiger partial charge in [-0.15, -0.1) is 11.3 Å². The number of rotatable bonds is 6. The van der Waals surface area contributed by atoms with E-state index in [0.717, 1.165) is 12.5 Å². The maximum atomic E-state index is 4.63. The summed E-state index contributed by atoms with van der Waals surface area (Å²) < 4.78 is 0. The van der Waals surface area contributed by atoms with Crippen LogP contribution in [-0.4, -0.2) is 11.5 Å². The smallest absolute Gasteiger partial charge is 0.0898 e. The van der Waals surface area contributed by atoms with Gasteiger partial charge in [-0.1, -0.05) is 26.2 Å². The highest BCUT2D eigenvalue weighted by Gasteiger charge is 2.23. The summed E-state index contributed by atoms with van der Waals surface area (Å²) >= 11 is 1.77. The van der Waals surface area contributed by atoms with Crippen molar-refractivity contribution < 1.29 is 0 Å². The Labute approximate surface area is 102 Å². The summed E-state index contributed by atoms with van der Waals surface area (Å²) in [5.74, 6) is 0.941. The van der Waals surface area contributed by atoms with Gasteiger partial charge in [0.15, 0.2) is 0 Å². The molecule has 16 heavy (non-hydrogen) atoms. The number of aryl methyl sites for hydroxylation is 1. The van der Waals surface area contributed by atoms with Gasteiger partial charge in [-0.25, -0.2) is 4.98 Å². The molecule has 1 aliphatic carbocycles. The van der Waals surface area contributed by atoms with E-state index in [1.165, 1.54) is 42.8 Å². The summed E-state index contributed by atoms with van der Waals surface area (Å²) in [6, 6.07) is 0.496. The molecule has 1 saturated carbocycles. The van der Waals surface area contributed by atoms with Crippen LogP contribution in [0.1, 0.15) is 55.8 Å². The molecule has 0 aromatic carbocycles. The topological polar surface area (TPSA) is 24.9 Å². The minimum atomic E-state index is 0.496. The lowest BCUT2D eigenvalue weighted by atomic mass is 9.80. The molecule has 0 radical (unpaired) electrons. The number of hydrogen-bond donors (Lipinski definition) is 1. The lowest BCUT2D eigenvalue weighted by molar-refractivity contribution is 0.259. The SMILES string of the molecule is CCCNC(CC1CCC1)c1csc(C)n1. The normalized spacial score (nSPS) is 18.4. The van der Waals surface area contributed by atoms with E-state index >= 15 is 0 Å². The Hall–Kier alpha value is -0.410. The summed E-state index contributed by atoms with van der Waals surface area (Å²) in [6.45, 7) is 5.42. The maximum Gasteiger partial charge on any atom is 0.0898 e. The first-order valence-corrected chi connectivity index (χ1v) is 7.33. The van der Waals surface area contributed by atoms with Gasteiger partial charge in [0, 0.05) is 5.38 Å². The van der Waals surface area contributed by atoms with Crippen LogP contribution in [-0.2, 0) is 0 Å². The summed E-state index contributed by atoms with van der Waals surface area (Å²) in [5.41, 5.74) is 1.27. The number of nitrogens with zero attached hydrogens (tertiary/aromatic N) is 1. The van der Waals surface area contributed by atoms with E-state index in [2.05, 4.69) is 29.5 Å². The quantitative estimate of drug-likeness (QED) is 0.817. The highest BCUT2D eigenvalue weighted by molar-refractivity contribution is 7.09. The van der Waals surface area contributed by atoms with Crippen molar-refractivity contribution in [3.8, 4) is 0 Å². The molecule has 1 unspecified atom stereocenters. The Morgan fingerprint density at radius 3 is 2.88 bits per heavy atom. The van der Waals surface area contributed by atoms with E-state index in [9.17, 15) is 0 Å². The zero-order valence-electron chi connectivity index (χ0n) is 10.3. The molecular weight excluding hydrogens is 216 g/mol. The number of thiazole rings is 1. The highest BCUT2D eigenvalue weighted by atomic mass is 32.1. The second-order valence-corrected chi connectivity index (χ2v) is 5.89. The average molecular weight is 238 g/mol.